The molecule has 1 heterocycles. The molecule has 3 aromatic carbocycles. The Kier molecular flexibility index (Phi) is 9.04. The van der Waals surface area contributed by atoms with E-state index in [0.717, 1.165) is 22.6 Å². The smallest absolute Gasteiger partial charge is 0.237 e. The topological polar surface area (TPSA) is 95.5 Å². The van der Waals surface area contributed by atoms with E-state index in [0.29, 0.717) is 39.4 Å². The van der Waals surface area contributed by atoms with Crippen molar-refractivity contribution in [2.75, 3.05) is 26.6 Å². The van der Waals surface area contributed by atoms with Gasteiger partial charge in [0.25, 0.3) is 0 Å². The number of ether oxygens (including phenoxy) is 3. The molecule has 0 aliphatic rings. The zero-order valence-electron chi connectivity index (χ0n) is 21.4. The SMILES string of the molecule is CCC(Sc1nnc(-c2ccc(OC)cc2)c(-c2ccc(OC)cc2)n1)C(=O)Nc1ccc(OC)c(Cl)c1. The third-order valence-corrected chi connectivity index (χ3v) is 7.24. The van der Waals surface area contributed by atoms with Crippen LogP contribution in [0.3, 0.4) is 0 Å². The van der Waals surface area contributed by atoms with Crippen molar-refractivity contribution in [1.29, 1.82) is 0 Å². The van der Waals surface area contributed by atoms with Gasteiger partial charge in [-0.3, -0.25) is 4.79 Å². The predicted octanol–water partition coefficient (Wildman–Crippen LogP) is 6.39. The number of nitrogens with one attached hydrogen (secondary N) is 1. The number of carbonyl (C=O) groups is 1. The van der Waals surface area contributed by atoms with E-state index in [1.54, 1.807) is 32.4 Å². The summed E-state index contributed by atoms with van der Waals surface area (Å²) in [6, 6.07) is 20.2. The van der Waals surface area contributed by atoms with Crippen LogP contribution in [0.5, 0.6) is 17.2 Å². The number of rotatable bonds is 10. The van der Waals surface area contributed by atoms with Crippen LogP contribution in [0.15, 0.2) is 71.9 Å². The molecular formula is C28H27ClN4O4S. The summed E-state index contributed by atoms with van der Waals surface area (Å²) in [5.41, 5.74) is 3.53. The van der Waals surface area contributed by atoms with Crippen molar-refractivity contribution in [2.45, 2.75) is 23.8 Å². The van der Waals surface area contributed by atoms with E-state index in [-0.39, 0.29) is 5.91 Å². The highest BCUT2D eigenvalue weighted by Gasteiger charge is 2.22. The first-order valence-corrected chi connectivity index (χ1v) is 13.1. The van der Waals surface area contributed by atoms with Crippen molar-refractivity contribution in [3.05, 3.63) is 71.8 Å². The molecule has 4 rings (SSSR count). The van der Waals surface area contributed by atoms with Gasteiger partial charge in [0.1, 0.15) is 28.6 Å². The van der Waals surface area contributed by atoms with Gasteiger partial charge in [-0.15, -0.1) is 10.2 Å². The number of nitrogens with zero attached hydrogens (tertiary/aromatic N) is 3. The predicted molar refractivity (Wildman–Crippen MR) is 150 cm³/mol. The van der Waals surface area contributed by atoms with Crippen molar-refractivity contribution in [3.63, 3.8) is 0 Å². The van der Waals surface area contributed by atoms with E-state index in [2.05, 4.69) is 15.5 Å². The molecule has 1 unspecified atom stereocenters. The maximum atomic E-state index is 13.1. The number of methoxy groups -OCH3 is 3. The van der Waals surface area contributed by atoms with Gasteiger partial charge < -0.3 is 19.5 Å². The summed E-state index contributed by atoms with van der Waals surface area (Å²) < 4.78 is 15.8. The molecule has 1 atom stereocenters. The molecule has 0 aliphatic carbocycles. The minimum atomic E-state index is -0.451. The fourth-order valence-electron chi connectivity index (χ4n) is 3.67. The summed E-state index contributed by atoms with van der Waals surface area (Å²) in [6.45, 7) is 1.93. The van der Waals surface area contributed by atoms with Crippen molar-refractivity contribution in [3.8, 4) is 39.8 Å². The lowest BCUT2D eigenvalue weighted by Gasteiger charge is -2.15. The van der Waals surface area contributed by atoms with Crippen LogP contribution in [-0.4, -0.2) is 47.7 Å². The molecule has 1 amide bonds. The Hall–Kier alpha value is -3.82. The second kappa shape index (κ2) is 12.6. The van der Waals surface area contributed by atoms with Crippen LogP contribution < -0.4 is 19.5 Å². The Balaban J connectivity index is 1.63. The van der Waals surface area contributed by atoms with Crippen LogP contribution in [0.25, 0.3) is 22.5 Å². The molecule has 8 nitrogen and oxygen atoms in total. The zero-order chi connectivity index (χ0) is 27.1. The van der Waals surface area contributed by atoms with Crippen molar-refractivity contribution < 1.29 is 19.0 Å². The molecular weight excluding hydrogens is 524 g/mol. The molecule has 4 aromatic rings. The number of amides is 1. The monoisotopic (exact) mass is 550 g/mol. The molecule has 1 aromatic heterocycles. The average Bonchev–Trinajstić information content (AvgIpc) is 2.96. The van der Waals surface area contributed by atoms with Crippen molar-refractivity contribution >= 4 is 35.0 Å². The molecule has 38 heavy (non-hydrogen) atoms. The van der Waals surface area contributed by atoms with Crippen molar-refractivity contribution in [2.24, 2.45) is 0 Å². The highest BCUT2D eigenvalue weighted by atomic mass is 35.5. The fraction of sp³-hybridized carbons (Fsp3) is 0.214. The third kappa shape index (κ3) is 6.35. The van der Waals surface area contributed by atoms with Crippen LogP contribution in [0.2, 0.25) is 5.02 Å². The molecule has 0 radical (unpaired) electrons. The largest absolute Gasteiger partial charge is 0.497 e. The summed E-state index contributed by atoms with van der Waals surface area (Å²) >= 11 is 7.46. The first-order valence-electron chi connectivity index (χ1n) is 11.8. The molecule has 0 fully saturated rings. The number of hydrogen-bond donors (Lipinski definition) is 1. The molecule has 0 aliphatic heterocycles. The molecule has 0 bridgehead atoms. The highest BCUT2D eigenvalue weighted by molar-refractivity contribution is 8.00. The van der Waals surface area contributed by atoms with E-state index in [1.807, 2.05) is 55.5 Å². The van der Waals surface area contributed by atoms with Gasteiger partial charge in [-0.25, -0.2) is 4.98 Å². The lowest BCUT2D eigenvalue weighted by Crippen LogP contribution is -2.25. The molecule has 1 N–H and O–H groups in total. The maximum absolute atomic E-state index is 13.1. The van der Waals surface area contributed by atoms with Gasteiger partial charge in [0.15, 0.2) is 0 Å². The lowest BCUT2D eigenvalue weighted by atomic mass is 10.0. The Morgan fingerprint density at radius 3 is 2.00 bits per heavy atom. The third-order valence-electron chi connectivity index (χ3n) is 5.72. The molecule has 0 saturated carbocycles. The summed E-state index contributed by atoms with van der Waals surface area (Å²) in [5.74, 6) is 1.82. The van der Waals surface area contributed by atoms with Crippen LogP contribution in [-0.2, 0) is 4.79 Å². The Bertz CT molecular complexity index is 1400. The fourth-order valence-corrected chi connectivity index (χ4v) is 4.75. The number of thioether (sulfide) groups is 1. The van der Waals surface area contributed by atoms with Crippen molar-refractivity contribution in [1.82, 2.24) is 15.2 Å². The van der Waals surface area contributed by atoms with Crippen LogP contribution in [0, 0.1) is 0 Å². The van der Waals surface area contributed by atoms with Crippen LogP contribution >= 0.6 is 23.4 Å². The quantitative estimate of drug-likeness (QED) is 0.227. The highest BCUT2D eigenvalue weighted by Crippen LogP contribution is 2.33. The molecule has 196 valence electrons. The number of anilines is 1. The van der Waals surface area contributed by atoms with Gasteiger partial charge in [-0.05, 0) is 73.2 Å². The summed E-state index contributed by atoms with van der Waals surface area (Å²) in [5, 5.41) is 12.1. The standard InChI is InChI=1S/C28H27ClN4O4S/c1-5-24(27(34)30-19-10-15-23(37-4)22(29)16-19)38-28-31-25(17-6-11-20(35-2)12-7-17)26(32-33-28)18-8-13-21(36-3)14-9-18/h6-16,24H,5H2,1-4H3,(H,30,34). The van der Waals surface area contributed by atoms with Gasteiger partial charge in [0, 0.05) is 16.8 Å². The van der Waals surface area contributed by atoms with E-state index in [1.165, 1.54) is 18.9 Å². The Labute approximate surface area is 230 Å². The van der Waals surface area contributed by atoms with Gasteiger partial charge in [0.2, 0.25) is 11.1 Å². The van der Waals surface area contributed by atoms with Gasteiger partial charge in [-0.2, -0.15) is 0 Å². The first-order chi connectivity index (χ1) is 18.4. The Morgan fingerprint density at radius 1 is 0.868 bits per heavy atom. The van der Waals surface area contributed by atoms with Crippen LogP contribution in [0.1, 0.15) is 13.3 Å². The second-order valence-electron chi connectivity index (χ2n) is 8.10. The number of carbonyl (C=O) groups excluding carboxylic acids is 1. The van der Waals surface area contributed by atoms with E-state index >= 15 is 0 Å². The molecule has 0 saturated heterocycles. The second-order valence-corrected chi connectivity index (χ2v) is 9.68. The lowest BCUT2D eigenvalue weighted by molar-refractivity contribution is -0.115. The summed E-state index contributed by atoms with van der Waals surface area (Å²) in [4.78, 5) is 17.9. The van der Waals surface area contributed by atoms with E-state index in [4.69, 9.17) is 30.8 Å². The summed E-state index contributed by atoms with van der Waals surface area (Å²) in [7, 11) is 4.78. The van der Waals surface area contributed by atoms with Gasteiger partial charge >= 0.3 is 0 Å². The zero-order valence-corrected chi connectivity index (χ0v) is 23.0. The normalized spacial score (nSPS) is 11.5. The maximum Gasteiger partial charge on any atom is 0.237 e. The average molecular weight is 551 g/mol. The van der Waals surface area contributed by atoms with Crippen LogP contribution in [0.4, 0.5) is 5.69 Å². The minimum Gasteiger partial charge on any atom is -0.497 e. The van der Waals surface area contributed by atoms with Gasteiger partial charge in [0.05, 0.1) is 31.6 Å². The first kappa shape index (κ1) is 27.2. The minimum absolute atomic E-state index is 0.187. The number of aromatic nitrogens is 3. The van der Waals surface area contributed by atoms with Gasteiger partial charge in [-0.1, -0.05) is 30.3 Å². The number of benzene rings is 3. The number of hydrogen-bond acceptors (Lipinski definition) is 8. The molecule has 0 spiro atoms. The van der Waals surface area contributed by atoms with E-state index < -0.39 is 5.25 Å². The Morgan fingerprint density at radius 2 is 1.47 bits per heavy atom. The number of halogens is 1. The summed E-state index contributed by atoms with van der Waals surface area (Å²) in [6.07, 6.45) is 0.557. The molecule has 10 heteroatoms. The van der Waals surface area contributed by atoms with E-state index in [9.17, 15) is 4.79 Å².